The monoisotopic (exact) mass is 264 g/mol. The molecule has 100 valence electrons. The molecular weight excluding hydrogens is 252 g/mol. The first-order chi connectivity index (χ1) is 8.95. The number of nitrogens with one attached hydrogen (secondary N) is 1. The summed E-state index contributed by atoms with van der Waals surface area (Å²) in [5.41, 5.74) is 3.00. The van der Waals surface area contributed by atoms with Crippen molar-refractivity contribution in [1.29, 1.82) is 0 Å². The van der Waals surface area contributed by atoms with Crippen LogP contribution in [0.15, 0.2) is 34.5 Å². The van der Waals surface area contributed by atoms with Crippen LogP contribution in [0.5, 0.6) is 0 Å². The smallest absolute Gasteiger partial charge is 0.271 e. The van der Waals surface area contributed by atoms with Gasteiger partial charge in [0.25, 0.3) is 11.6 Å². The molecule has 8 heteroatoms. The van der Waals surface area contributed by atoms with E-state index in [1.54, 1.807) is 6.92 Å². The van der Waals surface area contributed by atoms with Crippen LogP contribution in [-0.4, -0.2) is 27.5 Å². The maximum absolute atomic E-state index is 11.7. The fourth-order valence-corrected chi connectivity index (χ4v) is 1.09. The molecular formula is C11H12N4O4. The zero-order valence-corrected chi connectivity index (χ0v) is 10.3. The number of hydrazone groups is 1. The van der Waals surface area contributed by atoms with Crippen LogP contribution in [0.1, 0.15) is 24.2 Å². The second-order valence-electron chi connectivity index (χ2n) is 3.63. The molecule has 1 aromatic carbocycles. The number of benzene rings is 1. The molecule has 0 bridgehead atoms. The molecule has 0 unspecified atom stereocenters. The number of nitrogens with zero attached hydrogens (tertiary/aromatic N) is 3. The molecule has 0 aliphatic heterocycles. The zero-order chi connectivity index (χ0) is 14.4. The van der Waals surface area contributed by atoms with Gasteiger partial charge < -0.3 is 5.21 Å². The van der Waals surface area contributed by atoms with Gasteiger partial charge in [-0.2, -0.15) is 5.10 Å². The van der Waals surface area contributed by atoms with Crippen LogP contribution < -0.4 is 5.43 Å². The van der Waals surface area contributed by atoms with Gasteiger partial charge >= 0.3 is 0 Å². The molecule has 0 aromatic heterocycles. The average molecular weight is 264 g/mol. The van der Waals surface area contributed by atoms with Gasteiger partial charge in [-0.25, -0.2) is 5.43 Å². The molecule has 0 fully saturated rings. The number of carbonyl (C=O) groups excluding carboxylic acids is 1. The Morgan fingerprint density at radius 1 is 1.26 bits per heavy atom. The van der Waals surface area contributed by atoms with Crippen molar-refractivity contribution in [2.45, 2.75) is 13.8 Å². The van der Waals surface area contributed by atoms with Gasteiger partial charge in [0.05, 0.1) is 16.3 Å². The van der Waals surface area contributed by atoms with Crippen LogP contribution in [0.4, 0.5) is 5.69 Å². The largest absolute Gasteiger partial charge is 0.411 e. The number of non-ortho nitro benzene ring substituents is 1. The Hall–Kier alpha value is -2.77. The molecule has 0 spiro atoms. The van der Waals surface area contributed by atoms with E-state index >= 15 is 0 Å². The maximum atomic E-state index is 11.7. The average Bonchev–Trinajstić information content (AvgIpc) is 2.43. The SMILES string of the molecule is CC(=N/NC(=O)c1ccc([N+](=O)[O-])cc1)/C(C)=N/O. The van der Waals surface area contributed by atoms with Crippen molar-refractivity contribution in [3.05, 3.63) is 39.9 Å². The van der Waals surface area contributed by atoms with Gasteiger partial charge in [-0.1, -0.05) is 5.16 Å². The molecule has 0 aliphatic rings. The minimum atomic E-state index is -0.551. The molecule has 0 saturated carbocycles. The summed E-state index contributed by atoms with van der Waals surface area (Å²) >= 11 is 0. The molecule has 0 heterocycles. The van der Waals surface area contributed by atoms with E-state index in [2.05, 4.69) is 15.7 Å². The van der Waals surface area contributed by atoms with E-state index in [4.69, 9.17) is 5.21 Å². The first-order valence-electron chi connectivity index (χ1n) is 5.24. The number of nitro benzene ring substituents is 1. The number of carbonyl (C=O) groups is 1. The number of amides is 1. The highest BCUT2D eigenvalue weighted by Crippen LogP contribution is 2.11. The second-order valence-corrected chi connectivity index (χ2v) is 3.63. The molecule has 8 nitrogen and oxygen atoms in total. The van der Waals surface area contributed by atoms with E-state index in [0.717, 1.165) is 0 Å². The van der Waals surface area contributed by atoms with Crippen molar-refractivity contribution in [3.63, 3.8) is 0 Å². The number of hydrogen-bond acceptors (Lipinski definition) is 6. The van der Waals surface area contributed by atoms with Gasteiger partial charge in [-0.15, -0.1) is 0 Å². The molecule has 0 aliphatic carbocycles. The minimum absolute atomic E-state index is 0.0977. The van der Waals surface area contributed by atoms with Crippen LogP contribution >= 0.6 is 0 Å². The van der Waals surface area contributed by atoms with Crippen LogP contribution in [0.3, 0.4) is 0 Å². The standard InChI is InChI=1S/C11H12N4O4/c1-7(8(2)14-17)12-13-11(16)9-3-5-10(6-4-9)15(18)19/h3-6,17H,1-2H3,(H,13,16)/b12-7-,14-8+. The summed E-state index contributed by atoms with van der Waals surface area (Å²) in [5, 5.41) is 25.6. The Kier molecular flexibility index (Phi) is 4.69. The normalized spacial score (nSPS) is 12.1. The molecule has 1 aromatic rings. The summed E-state index contributed by atoms with van der Waals surface area (Å²) in [6.07, 6.45) is 0. The number of hydrogen-bond donors (Lipinski definition) is 2. The lowest BCUT2D eigenvalue weighted by Crippen LogP contribution is -2.21. The van der Waals surface area contributed by atoms with Crippen molar-refractivity contribution in [3.8, 4) is 0 Å². The number of rotatable bonds is 4. The molecule has 0 radical (unpaired) electrons. The summed E-state index contributed by atoms with van der Waals surface area (Å²) in [4.78, 5) is 21.6. The third-order valence-electron chi connectivity index (χ3n) is 2.34. The lowest BCUT2D eigenvalue weighted by Gasteiger charge is -2.01. The van der Waals surface area contributed by atoms with Crippen LogP contribution in [-0.2, 0) is 0 Å². The predicted molar refractivity (Wildman–Crippen MR) is 68.6 cm³/mol. The van der Waals surface area contributed by atoms with E-state index in [1.165, 1.54) is 31.2 Å². The fourth-order valence-electron chi connectivity index (χ4n) is 1.09. The highest BCUT2D eigenvalue weighted by atomic mass is 16.6. The number of nitro groups is 1. The Balaban J connectivity index is 2.77. The third-order valence-corrected chi connectivity index (χ3v) is 2.34. The van der Waals surface area contributed by atoms with Crippen molar-refractivity contribution >= 4 is 23.0 Å². The summed E-state index contributed by atoms with van der Waals surface area (Å²) in [6, 6.07) is 5.11. The van der Waals surface area contributed by atoms with Gasteiger partial charge in [0.2, 0.25) is 0 Å². The molecule has 1 rings (SSSR count). The van der Waals surface area contributed by atoms with Gasteiger partial charge in [-0.05, 0) is 26.0 Å². The summed E-state index contributed by atoms with van der Waals surface area (Å²) in [6.45, 7) is 3.09. The highest BCUT2D eigenvalue weighted by molar-refractivity contribution is 6.40. The predicted octanol–water partition coefficient (Wildman–Crippen LogP) is 1.55. The lowest BCUT2D eigenvalue weighted by molar-refractivity contribution is -0.384. The summed E-state index contributed by atoms with van der Waals surface area (Å²) in [7, 11) is 0. The maximum Gasteiger partial charge on any atom is 0.271 e. The second kappa shape index (κ2) is 6.24. The van der Waals surface area contributed by atoms with Crippen molar-refractivity contribution in [2.24, 2.45) is 10.3 Å². The van der Waals surface area contributed by atoms with E-state index in [9.17, 15) is 14.9 Å². The van der Waals surface area contributed by atoms with Gasteiger partial charge in [0, 0.05) is 17.7 Å². The first kappa shape index (κ1) is 14.3. The van der Waals surface area contributed by atoms with Crippen LogP contribution in [0.25, 0.3) is 0 Å². The molecule has 19 heavy (non-hydrogen) atoms. The van der Waals surface area contributed by atoms with E-state index in [0.29, 0.717) is 5.71 Å². The molecule has 1 amide bonds. The Bertz CT molecular complexity index is 548. The Labute approximate surface area is 108 Å². The molecule has 0 saturated heterocycles. The molecule has 2 N–H and O–H groups in total. The quantitative estimate of drug-likeness (QED) is 0.371. The van der Waals surface area contributed by atoms with Gasteiger partial charge in [0.1, 0.15) is 0 Å². The van der Waals surface area contributed by atoms with Crippen molar-refractivity contribution in [2.75, 3.05) is 0 Å². The Morgan fingerprint density at radius 3 is 2.32 bits per heavy atom. The third kappa shape index (κ3) is 3.87. The minimum Gasteiger partial charge on any atom is -0.411 e. The topological polar surface area (TPSA) is 117 Å². The lowest BCUT2D eigenvalue weighted by atomic mass is 10.2. The van der Waals surface area contributed by atoms with E-state index in [-0.39, 0.29) is 17.0 Å². The van der Waals surface area contributed by atoms with Crippen LogP contribution in [0, 0.1) is 10.1 Å². The van der Waals surface area contributed by atoms with Crippen molar-refractivity contribution in [1.82, 2.24) is 5.43 Å². The van der Waals surface area contributed by atoms with Gasteiger partial charge in [0.15, 0.2) is 0 Å². The zero-order valence-electron chi connectivity index (χ0n) is 10.3. The Morgan fingerprint density at radius 2 is 1.84 bits per heavy atom. The number of oxime groups is 1. The fraction of sp³-hybridized carbons (Fsp3) is 0.182. The van der Waals surface area contributed by atoms with E-state index < -0.39 is 10.8 Å². The highest BCUT2D eigenvalue weighted by Gasteiger charge is 2.09. The summed E-state index contributed by atoms with van der Waals surface area (Å²) < 4.78 is 0. The van der Waals surface area contributed by atoms with E-state index in [1.807, 2.05) is 0 Å². The van der Waals surface area contributed by atoms with Crippen molar-refractivity contribution < 1.29 is 14.9 Å². The molecule has 0 atom stereocenters. The summed E-state index contributed by atoms with van der Waals surface area (Å²) in [5.74, 6) is -0.514. The first-order valence-corrected chi connectivity index (χ1v) is 5.24. The van der Waals surface area contributed by atoms with Crippen LogP contribution in [0.2, 0.25) is 0 Å². The van der Waals surface area contributed by atoms with Gasteiger partial charge in [-0.3, -0.25) is 14.9 Å².